The summed E-state index contributed by atoms with van der Waals surface area (Å²) >= 11 is 0. The zero-order valence-corrected chi connectivity index (χ0v) is 11.3. The van der Waals surface area contributed by atoms with Gasteiger partial charge in [0, 0.05) is 26.2 Å². The largest absolute Gasteiger partial charge is 0.335 e. The minimum Gasteiger partial charge on any atom is -0.335 e. The average molecular weight is 273 g/mol. The molecule has 1 aromatic rings. The molecule has 0 atom stereocenters. The Balaban J connectivity index is 2.16. The summed E-state index contributed by atoms with van der Waals surface area (Å²) in [5, 5.41) is 9.14. The first kappa shape index (κ1) is 14.2. The predicted octanol–water partition coefficient (Wildman–Crippen LogP) is 1.51. The Morgan fingerprint density at radius 1 is 1.35 bits per heavy atom. The number of carbonyl (C=O) groups is 1. The minimum absolute atomic E-state index is 0.0418. The summed E-state index contributed by atoms with van der Waals surface area (Å²) in [4.78, 5) is 16.0. The molecule has 2 rings (SSSR count). The summed E-state index contributed by atoms with van der Waals surface area (Å²) in [6.07, 6.45) is 1.43. The quantitative estimate of drug-likeness (QED) is 0.606. The van der Waals surface area contributed by atoms with Crippen molar-refractivity contribution in [3.63, 3.8) is 0 Å². The topological polar surface area (TPSA) is 47.3 Å². The van der Waals surface area contributed by atoms with E-state index in [0.29, 0.717) is 18.7 Å². The molecule has 0 aliphatic carbocycles. The third kappa shape index (κ3) is 3.43. The second kappa shape index (κ2) is 6.31. The Bertz CT molecular complexity index is 569. The Kier molecular flexibility index (Phi) is 4.49. The molecule has 0 unspecified atom stereocenters. The van der Waals surface area contributed by atoms with Crippen LogP contribution >= 0.6 is 0 Å². The summed E-state index contributed by atoms with van der Waals surface area (Å²) in [6, 6.07) is 7.75. The van der Waals surface area contributed by atoms with E-state index >= 15 is 0 Å². The number of rotatable bonds is 2. The molecule has 1 aliphatic heterocycles. The van der Waals surface area contributed by atoms with Crippen LogP contribution in [0.3, 0.4) is 0 Å². The highest BCUT2D eigenvalue weighted by Gasteiger charge is 2.22. The fourth-order valence-electron chi connectivity index (χ4n) is 2.08. The fraction of sp³-hybridized carbons (Fsp3) is 0.333. The lowest BCUT2D eigenvalue weighted by atomic mass is 10.1. The van der Waals surface area contributed by atoms with E-state index in [2.05, 4.69) is 4.90 Å². The van der Waals surface area contributed by atoms with Crippen molar-refractivity contribution < 1.29 is 9.18 Å². The SMILES string of the molecule is CN1CCN(C(=O)/C(C#N)=C/c2cccc(F)c2)CC1. The molecule has 5 heteroatoms. The van der Waals surface area contributed by atoms with Crippen molar-refractivity contribution in [3.8, 4) is 6.07 Å². The van der Waals surface area contributed by atoms with Gasteiger partial charge >= 0.3 is 0 Å². The molecule has 0 radical (unpaired) electrons. The van der Waals surface area contributed by atoms with Gasteiger partial charge in [0.1, 0.15) is 17.5 Å². The average Bonchev–Trinajstić information content (AvgIpc) is 2.45. The van der Waals surface area contributed by atoms with Crippen LogP contribution < -0.4 is 0 Å². The van der Waals surface area contributed by atoms with Crippen molar-refractivity contribution in [1.82, 2.24) is 9.80 Å². The van der Waals surface area contributed by atoms with Gasteiger partial charge in [0.15, 0.2) is 0 Å². The first-order valence-electron chi connectivity index (χ1n) is 6.45. The normalized spacial score (nSPS) is 16.9. The fourth-order valence-corrected chi connectivity index (χ4v) is 2.08. The smallest absolute Gasteiger partial charge is 0.264 e. The molecule has 1 saturated heterocycles. The van der Waals surface area contributed by atoms with Gasteiger partial charge in [0.2, 0.25) is 0 Å². The van der Waals surface area contributed by atoms with Gasteiger partial charge in [0.05, 0.1) is 0 Å². The Hall–Kier alpha value is -2.19. The number of halogens is 1. The summed E-state index contributed by atoms with van der Waals surface area (Å²) in [6.45, 7) is 2.81. The van der Waals surface area contributed by atoms with E-state index < -0.39 is 0 Å². The van der Waals surface area contributed by atoms with Crippen molar-refractivity contribution in [2.45, 2.75) is 0 Å². The maximum absolute atomic E-state index is 13.1. The number of piperazine rings is 1. The van der Waals surface area contributed by atoms with Gasteiger partial charge in [-0.3, -0.25) is 4.79 Å². The van der Waals surface area contributed by atoms with Gasteiger partial charge in [-0.1, -0.05) is 12.1 Å². The first-order valence-corrected chi connectivity index (χ1v) is 6.45. The summed E-state index contributed by atoms with van der Waals surface area (Å²) in [5.74, 6) is -0.673. The molecule has 0 aromatic heterocycles. The summed E-state index contributed by atoms with van der Waals surface area (Å²) in [7, 11) is 2.00. The van der Waals surface area contributed by atoms with Crippen LogP contribution in [-0.4, -0.2) is 48.9 Å². The molecule has 1 amide bonds. The molecule has 0 N–H and O–H groups in total. The van der Waals surface area contributed by atoms with Gasteiger partial charge in [-0.2, -0.15) is 5.26 Å². The van der Waals surface area contributed by atoms with E-state index in [1.54, 1.807) is 17.0 Å². The predicted molar refractivity (Wildman–Crippen MR) is 74.1 cm³/mol. The van der Waals surface area contributed by atoms with Crippen molar-refractivity contribution in [3.05, 3.63) is 41.2 Å². The molecular formula is C15H16FN3O. The molecule has 1 aliphatic rings. The van der Waals surface area contributed by atoms with Crippen LogP contribution in [0.25, 0.3) is 6.08 Å². The zero-order valence-electron chi connectivity index (χ0n) is 11.3. The molecule has 20 heavy (non-hydrogen) atoms. The first-order chi connectivity index (χ1) is 9.60. The molecule has 0 bridgehead atoms. The molecule has 0 saturated carbocycles. The third-order valence-electron chi connectivity index (χ3n) is 3.30. The maximum atomic E-state index is 13.1. The highest BCUT2D eigenvalue weighted by molar-refractivity contribution is 6.01. The van der Waals surface area contributed by atoms with E-state index in [4.69, 9.17) is 5.26 Å². The van der Waals surface area contributed by atoms with Crippen molar-refractivity contribution in [2.24, 2.45) is 0 Å². The maximum Gasteiger partial charge on any atom is 0.264 e. The molecule has 4 nitrogen and oxygen atoms in total. The number of hydrogen-bond acceptors (Lipinski definition) is 3. The van der Waals surface area contributed by atoms with Crippen molar-refractivity contribution in [1.29, 1.82) is 5.26 Å². The molecular weight excluding hydrogens is 257 g/mol. The molecule has 1 aromatic carbocycles. The zero-order chi connectivity index (χ0) is 14.5. The summed E-state index contributed by atoms with van der Waals surface area (Å²) in [5.41, 5.74) is 0.559. The standard InChI is InChI=1S/C15H16FN3O/c1-18-5-7-19(8-6-18)15(20)13(11-17)9-12-3-2-4-14(16)10-12/h2-4,9-10H,5-8H2,1H3/b13-9+. The highest BCUT2D eigenvalue weighted by Crippen LogP contribution is 2.12. The highest BCUT2D eigenvalue weighted by atomic mass is 19.1. The second-order valence-electron chi connectivity index (χ2n) is 4.82. The van der Waals surface area contributed by atoms with Crippen LogP contribution in [0, 0.1) is 17.1 Å². The molecule has 1 heterocycles. The lowest BCUT2D eigenvalue weighted by Gasteiger charge is -2.32. The number of amides is 1. The minimum atomic E-state index is -0.386. The van der Waals surface area contributed by atoms with E-state index in [1.807, 2.05) is 13.1 Å². The Morgan fingerprint density at radius 3 is 2.65 bits per heavy atom. The number of hydrogen-bond donors (Lipinski definition) is 0. The van der Waals surface area contributed by atoms with Crippen LogP contribution in [0.5, 0.6) is 0 Å². The number of benzene rings is 1. The van der Waals surface area contributed by atoms with Crippen LogP contribution in [0.4, 0.5) is 4.39 Å². The van der Waals surface area contributed by atoms with Gasteiger partial charge in [-0.25, -0.2) is 4.39 Å². The van der Waals surface area contributed by atoms with E-state index in [1.165, 1.54) is 18.2 Å². The Morgan fingerprint density at radius 2 is 2.05 bits per heavy atom. The van der Waals surface area contributed by atoms with Crippen LogP contribution in [0.15, 0.2) is 29.8 Å². The molecule has 1 fully saturated rings. The monoisotopic (exact) mass is 273 g/mol. The van der Waals surface area contributed by atoms with E-state index in [9.17, 15) is 9.18 Å². The van der Waals surface area contributed by atoms with Crippen molar-refractivity contribution in [2.75, 3.05) is 33.2 Å². The lowest BCUT2D eigenvalue weighted by molar-refractivity contribution is -0.128. The summed E-state index contributed by atoms with van der Waals surface area (Å²) < 4.78 is 13.1. The van der Waals surface area contributed by atoms with Gasteiger partial charge < -0.3 is 9.80 Å². The molecule has 0 spiro atoms. The van der Waals surface area contributed by atoms with Crippen LogP contribution in [-0.2, 0) is 4.79 Å². The van der Waals surface area contributed by atoms with Crippen LogP contribution in [0.2, 0.25) is 0 Å². The van der Waals surface area contributed by atoms with E-state index in [-0.39, 0.29) is 17.3 Å². The number of carbonyl (C=O) groups excluding carboxylic acids is 1. The van der Waals surface area contributed by atoms with E-state index in [0.717, 1.165) is 13.1 Å². The van der Waals surface area contributed by atoms with Gasteiger partial charge in [-0.15, -0.1) is 0 Å². The second-order valence-corrected chi connectivity index (χ2v) is 4.82. The van der Waals surface area contributed by atoms with Gasteiger partial charge in [-0.05, 0) is 30.8 Å². The number of nitrogens with zero attached hydrogens (tertiary/aromatic N) is 3. The van der Waals surface area contributed by atoms with Crippen molar-refractivity contribution >= 4 is 12.0 Å². The Labute approximate surface area is 117 Å². The lowest BCUT2D eigenvalue weighted by Crippen LogP contribution is -2.47. The molecule has 104 valence electrons. The third-order valence-corrected chi connectivity index (χ3v) is 3.30. The number of likely N-dealkylation sites (N-methyl/N-ethyl adjacent to an activating group) is 1. The van der Waals surface area contributed by atoms with Crippen LogP contribution in [0.1, 0.15) is 5.56 Å². The number of nitriles is 1. The van der Waals surface area contributed by atoms with Gasteiger partial charge in [0.25, 0.3) is 5.91 Å².